The van der Waals surface area contributed by atoms with Crippen LogP contribution in [0.15, 0.2) is 18.2 Å². The van der Waals surface area contributed by atoms with Gasteiger partial charge in [-0.2, -0.15) is 0 Å². The summed E-state index contributed by atoms with van der Waals surface area (Å²) in [4.78, 5) is 25.4. The van der Waals surface area contributed by atoms with Crippen molar-refractivity contribution < 1.29 is 14.7 Å². The second-order valence-corrected chi connectivity index (χ2v) is 6.50. The summed E-state index contributed by atoms with van der Waals surface area (Å²) in [6.07, 6.45) is 0. The number of anilines is 2. The number of nitrogens with zero attached hydrogens (tertiary/aromatic N) is 1. The van der Waals surface area contributed by atoms with Crippen LogP contribution in [0.1, 0.15) is 19.4 Å². The molecule has 0 spiro atoms. The zero-order valence-corrected chi connectivity index (χ0v) is 13.1. The number of aryl methyl sites for hydroxylation is 1. The van der Waals surface area contributed by atoms with Crippen LogP contribution in [-0.4, -0.2) is 31.1 Å². The van der Waals surface area contributed by atoms with E-state index in [2.05, 4.69) is 5.32 Å². The van der Waals surface area contributed by atoms with E-state index in [9.17, 15) is 9.59 Å². The number of carboxylic acids is 1. The van der Waals surface area contributed by atoms with Crippen LogP contribution in [0, 0.1) is 24.2 Å². The molecule has 5 heteroatoms. The lowest BCUT2D eigenvalue weighted by atomic mass is 10.1. The van der Waals surface area contributed by atoms with Crippen LogP contribution in [-0.2, 0) is 9.59 Å². The third kappa shape index (κ3) is 2.73. The third-order valence-corrected chi connectivity index (χ3v) is 4.33. The lowest BCUT2D eigenvalue weighted by Gasteiger charge is -2.17. The van der Waals surface area contributed by atoms with E-state index >= 15 is 0 Å². The van der Waals surface area contributed by atoms with Crippen molar-refractivity contribution >= 4 is 23.3 Å². The molecule has 0 unspecified atom stereocenters. The Labute approximate surface area is 125 Å². The van der Waals surface area contributed by atoms with Crippen LogP contribution >= 0.6 is 0 Å². The monoisotopic (exact) mass is 290 g/mol. The quantitative estimate of drug-likeness (QED) is 0.893. The van der Waals surface area contributed by atoms with Crippen LogP contribution < -0.4 is 10.2 Å². The Morgan fingerprint density at radius 3 is 2.33 bits per heavy atom. The lowest BCUT2D eigenvalue weighted by Crippen LogP contribution is -2.18. The normalized spacial score (nSPS) is 22.5. The van der Waals surface area contributed by atoms with Gasteiger partial charge in [0.1, 0.15) is 0 Å². The first-order chi connectivity index (χ1) is 9.66. The summed E-state index contributed by atoms with van der Waals surface area (Å²) < 4.78 is 0. The number of hydrogen-bond acceptors (Lipinski definition) is 3. The van der Waals surface area contributed by atoms with E-state index in [-0.39, 0.29) is 5.91 Å². The minimum Gasteiger partial charge on any atom is -0.481 e. The molecule has 1 aliphatic carbocycles. The summed E-state index contributed by atoms with van der Waals surface area (Å²) in [6, 6.07) is 5.68. The fourth-order valence-corrected chi connectivity index (χ4v) is 2.98. The molecule has 0 radical (unpaired) electrons. The predicted octanol–water partition coefficient (Wildman–Crippen LogP) is 2.36. The van der Waals surface area contributed by atoms with Gasteiger partial charge in [-0.05, 0) is 30.0 Å². The number of benzene rings is 1. The molecule has 1 aromatic rings. The highest BCUT2D eigenvalue weighted by atomic mass is 16.4. The molecule has 0 saturated heterocycles. The SMILES string of the molecule is Cc1ccc(NC(=O)[C@H]2[C@@H](C(=O)O)C2(C)C)cc1N(C)C. The average molecular weight is 290 g/mol. The number of carboxylic acid groups (broad SMARTS) is 1. The zero-order chi connectivity index (χ0) is 15.9. The summed E-state index contributed by atoms with van der Waals surface area (Å²) in [5, 5.41) is 12.0. The van der Waals surface area contributed by atoms with Gasteiger partial charge in [0, 0.05) is 25.5 Å². The van der Waals surface area contributed by atoms with Gasteiger partial charge >= 0.3 is 5.97 Å². The van der Waals surface area contributed by atoms with E-state index in [1.165, 1.54) is 0 Å². The molecule has 2 N–H and O–H groups in total. The first kappa shape index (κ1) is 15.4. The molecule has 0 aliphatic heterocycles. The Balaban J connectivity index is 2.15. The van der Waals surface area contributed by atoms with Gasteiger partial charge in [-0.1, -0.05) is 19.9 Å². The minimum atomic E-state index is -0.905. The van der Waals surface area contributed by atoms with Gasteiger partial charge in [0.25, 0.3) is 0 Å². The predicted molar refractivity (Wildman–Crippen MR) is 82.5 cm³/mol. The summed E-state index contributed by atoms with van der Waals surface area (Å²) in [7, 11) is 3.89. The molecule has 21 heavy (non-hydrogen) atoms. The molecule has 2 atom stereocenters. The van der Waals surface area contributed by atoms with Gasteiger partial charge in [0.15, 0.2) is 0 Å². The van der Waals surface area contributed by atoms with Gasteiger partial charge in [0.05, 0.1) is 11.8 Å². The number of nitrogens with one attached hydrogen (secondary N) is 1. The molecule has 1 aliphatic rings. The fourth-order valence-electron chi connectivity index (χ4n) is 2.98. The van der Waals surface area contributed by atoms with Gasteiger partial charge in [-0.15, -0.1) is 0 Å². The van der Waals surface area contributed by atoms with Crippen molar-refractivity contribution in [3.05, 3.63) is 23.8 Å². The van der Waals surface area contributed by atoms with Crippen molar-refractivity contribution in [2.45, 2.75) is 20.8 Å². The maximum atomic E-state index is 12.3. The molecule has 1 amide bonds. The number of carbonyl (C=O) groups excluding carboxylic acids is 1. The van der Waals surface area contributed by atoms with Gasteiger partial charge in [-0.25, -0.2) is 0 Å². The number of aliphatic carboxylic acids is 1. The smallest absolute Gasteiger partial charge is 0.307 e. The van der Waals surface area contributed by atoms with Crippen LogP contribution in [0.4, 0.5) is 11.4 Å². The maximum absolute atomic E-state index is 12.3. The van der Waals surface area contributed by atoms with Crippen molar-refractivity contribution in [1.29, 1.82) is 0 Å². The standard InChI is InChI=1S/C16H22N2O3/c1-9-6-7-10(8-11(9)18(4)5)17-14(19)12-13(15(20)21)16(12,2)3/h6-8,12-13H,1-5H3,(H,17,19)(H,20,21)/t12-,13+/m1/s1. The molecule has 0 bridgehead atoms. The first-order valence-corrected chi connectivity index (χ1v) is 6.98. The molecule has 0 aromatic heterocycles. The van der Waals surface area contributed by atoms with Crippen LogP contribution in [0.5, 0.6) is 0 Å². The van der Waals surface area contributed by atoms with E-state index in [0.29, 0.717) is 5.69 Å². The summed E-state index contributed by atoms with van der Waals surface area (Å²) in [5.41, 5.74) is 2.36. The van der Waals surface area contributed by atoms with Crippen LogP contribution in [0.25, 0.3) is 0 Å². The van der Waals surface area contributed by atoms with Crippen molar-refractivity contribution in [2.75, 3.05) is 24.3 Å². The van der Waals surface area contributed by atoms with Crippen LogP contribution in [0.3, 0.4) is 0 Å². The highest BCUT2D eigenvalue weighted by Crippen LogP contribution is 2.58. The average Bonchev–Trinajstić information content (AvgIpc) is 2.94. The Morgan fingerprint density at radius 1 is 1.24 bits per heavy atom. The lowest BCUT2D eigenvalue weighted by molar-refractivity contribution is -0.140. The van der Waals surface area contributed by atoms with Crippen molar-refractivity contribution in [3.63, 3.8) is 0 Å². The van der Waals surface area contributed by atoms with E-state index in [1.807, 2.05) is 58.0 Å². The van der Waals surface area contributed by atoms with E-state index in [0.717, 1.165) is 11.3 Å². The minimum absolute atomic E-state index is 0.221. The van der Waals surface area contributed by atoms with E-state index < -0.39 is 23.2 Å². The molecule has 1 fully saturated rings. The van der Waals surface area contributed by atoms with E-state index in [4.69, 9.17) is 5.11 Å². The summed E-state index contributed by atoms with van der Waals surface area (Å²) in [6.45, 7) is 5.64. The summed E-state index contributed by atoms with van der Waals surface area (Å²) in [5.74, 6) is -2.20. The zero-order valence-electron chi connectivity index (χ0n) is 13.1. The molecule has 0 heterocycles. The first-order valence-electron chi connectivity index (χ1n) is 6.98. The molecule has 1 aromatic carbocycles. The Kier molecular flexibility index (Phi) is 3.70. The van der Waals surface area contributed by atoms with Gasteiger partial charge < -0.3 is 15.3 Å². The topological polar surface area (TPSA) is 69.6 Å². The third-order valence-electron chi connectivity index (χ3n) is 4.33. The molecule has 2 rings (SSSR count). The van der Waals surface area contributed by atoms with Crippen molar-refractivity contribution in [3.8, 4) is 0 Å². The largest absolute Gasteiger partial charge is 0.481 e. The van der Waals surface area contributed by atoms with Crippen LogP contribution in [0.2, 0.25) is 0 Å². The highest BCUT2D eigenvalue weighted by molar-refractivity contribution is 6.00. The molecular formula is C16H22N2O3. The van der Waals surface area contributed by atoms with Crippen molar-refractivity contribution in [2.24, 2.45) is 17.3 Å². The second-order valence-electron chi connectivity index (χ2n) is 6.50. The number of rotatable bonds is 4. The second kappa shape index (κ2) is 5.06. The molecular weight excluding hydrogens is 268 g/mol. The molecule has 1 saturated carbocycles. The number of amides is 1. The molecule has 5 nitrogen and oxygen atoms in total. The fraction of sp³-hybridized carbons (Fsp3) is 0.500. The van der Waals surface area contributed by atoms with E-state index in [1.54, 1.807) is 0 Å². The van der Waals surface area contributed by atoms with Gasteiger partial charge in [0.2, 0.25) is 5.91 Å². The Hall–Kier alpha value is -2.04. The van der Waals surface area contributed by atoms with Crippen molar-refractivity contribution in [1.82, 2.24) is 0 Å². The summed E-state index contributed by atoms with van der Waals surface area (Å²) >= 11 is 0. The van der Waals surface area contributed by atoms with Gasteiger partial charge in [-0.3, -0.25) is 9.59 Å². The number of hydrogen-bond donors (Lipinski definition) is 2. The maximum Gasteiger partial charge on any atom is 0.307 e. The molecule has 114 valence electrons. The number of carbonyl (C=O) groups is 2. The highest BCUT2D eigenvalue weighted by Gasteiger charge is 2.65. The Morgan fingerprint density at radius 2 is 1.86 bits per heavy atom. The Bertz CT molecular complexity index is 593.